The first-order valence-electron chi connectivity index (χ1n) is 6.56. The molecule has 23 heavy (non-hydrogen) atoms. The molecule has 0 unspecified atom stereocenters. The van der Waals surface area contributed by atoms with Gasteiger partial charge in [0.05, 0.1) is 0 Å². The van der Waals surface area contributed by atoms with Crippen LogP contribution in [0.15, 0.2) is 45.1 Å². The predicted octanol–water partition coefficient (Wildman–Crippen LogP) is 1.89. The molecule has 2 aromatic rings. The number of amides is 2. The third-order valence-electron chi connectivity index (χ3n) is 2.54. The topological polar surface area (TPSA) is 135 Å². The van der Waals surface area contributed by atoms with Gasteiger partial charge in [0.25, 0.3) is 0 Å². The van der Waals surface area contributed by atoms with E-state index >= 15 is 0 Å². The number of fused-ring (bicyclic) bond motifs is 1. The molecule has 0 fully saturated rings. The number of hydrogen-bond acceptors (Lipinski definition) is 6. The van der Waals surface area contributed by atoms with Crippen LogP contribution in [-0.4, -0.2) is 23.0 Å². The summed E-state index contributed by atoms with van der Waals surface area (Å²) in [6.07, 6.45) is 1.89. The van der Waals surface area contributed by atoms with Crippen molar-refractivity contribution in [2.45, 2.75) is 13.8 Å². The Morgan fingerprint density at radius 3 is 2.61 bits per heavy atom. The highest BCUT2D eigenvalue weighted by Crippen LogP contribution is 2.30. The summed E-state index contributed by atoms with van der Waals surface area (Å²) < 4.78 is 10.4. The number of carbonyl (C=O) groups excluding carboxylic acids is 1. The lowest BCUT2D eigenvalue weighted by atomic mass is 10.2. The molecule has 1 aromatic heterocycles. The maximum atomic E-state index is 11.1. The maximum absolute atomic E-state index is 11.1. The zero-order chi connectivity index (χ0) is 17.4. The number of carbonyl (C=O) groups is 1. The number of nitrogens with two attached hydrogens (primary N) is 1. The van der Waals surface area contributed by atoms with Crippen molar-refractivity contribution in [2.75, 3.05) is 6.61 Å². The fourth-order valence-electron chi connectivity index (χ4n) is 1.50. The number of aromatic hydroxyl groups is 1. The van der Waals surface area contributed by atoms with Gasteiger partial charge < -0.3 is 20.0 Å². The molecule has 1 aromatic carbocycles. The van der Waals surface area contributed by atoms with Gasteiger partial charge in [-0.2, -0.15) is 0 Å². The van der Waals surface area contributed by atoms with E-state index in [0.717, 1.165) is 5.57 Å². The molecule has 0 aliphatic heterocycles. The van der Waals surface area contributed by atoms with Crippen LogP contribution in [-0.2, 0) is 0 Å². The Morgan fingerprint density at radius 2 is 2.04 bits per heavy atom. The molecule has 0 saturated carbocycles. The van der Waals surface area contributed by atoms with Gasteiger partial charge in [-0.25, -0.2) is 15.1 Å². The van der Waals surface area contributed by atoms with Crippen molar-refractivity contribution in [3.63, 3.8) is 0 Å². The minimum atomic E-state index is -0.940. The Balaban J connectivity index is 0.000000463. The molecule has 0 atom stereocenters. The van der Waals surface area contributed by atoms with Crippen LogP contribution < -0.4 is 21.6 Å². The third-order valence-corrected chi connectivity index (χ3v) is 2.54. The molecule has 124 valence electrons. The van der Waals surface area contributed by atoms with Crippen LogP contribution in [0.1, 0.15) is 13.8 Å². The number of benzene rings is 1. The summed E-state index contributed by atoms with van der Waals surface area (Å²) >= 11 is 0. The fourth-order valence-corrected chi connectivity index (χ4v) is 1.50. The number of phenols is 1. The van der Waals surface area contributed by atoms with Crippen molar-refractivity contribution in [3.8, 4) is 11.5 Å². The molecule has 0 saturated heterocycles. The number of phenolic OH excluding ortho intramolecular Hbond substituents is 1. The van der Waals surface area contributed by atoms with Crippen molar-refractivity contribution in [2.24, 2.45) is 5.73 Å². The first-order chi connectivity index (χ1) is 10.8. The van der Waals surface area contributed by atoms with Crippen LogP contribution >= 0.6 is 0 Å². The summed E-state index contributed by atoms with van der Waals surface area (Å²) in [6.45, 7) is 4.28. The van der Waals surface area contributed by atoms with Gasteiger partial charge in [0.1, 0.15) is 12.2 Å². The molecule has 0 radical (unpaired) electrons. The largest absolute Gasteiger partial charge is 0.504 e. The van der Waals surface area contributed by atoms with Crippen LogP contribution in [0.4, 0.5) is 4.79 Å². The molecular weight excluding hydrogens is 304 g/mol. The molecule has 0 aliphatic rings. The van der Waals surface area contributed by atoms with Crippen molar-refractivity contribution < 1.29 is 24.3 Å². The van der Waals surface area contributed by atoms with E-state index in [-0.39, 0.29) is 5.75 Å². The normalized spacial score (nSPS) is 9.52. The number of urea groups is 1. The lowest BCUT2D eigenvalue weighted by molar-refractivity contribution is 0.169. The van der Waals surface area contributed by atoms with Gasteiger partial charge >= 0.3 is 11.7 Å². The summed E-state index contributed by atoms with van der Waals surface area (Å²) in [4.78, 5) is 20.3. The van der Waals surface area contributed by atoms with Crippen molar-refractivity contribution in [1.82, 2.24) is 5.48 Å². The van der Waals surface area contributed by atoms with Gasteiger partial charge in [-0.3, -0.25) is 5.21 Å². The summed E-state index contributed by atoms with van der Waals surface area (Å²) in [5.74, 6) is 0.327. The van der Waals surface area contributed by atoms with E-state index in [9.17, 15) is 14.7 Å². The highest BCUT2D eigenvalue weighted by molar-refractivity contribution is 5.80. The molecule has 8 nitrogen and oxygen atoms in total. The van der Waals surface area contributed by atoms with Crippen molar-refractivity contribution in [3.05, 3.63) is 46.3 Å². The fraction of sp³-hybridized carbons (Fsp3) is 0.200. The molecule has 5 N–H and O–H groups in total. The van der Waals surface area contributed by atoms with Crippen LogP contribution in [0, 0.1) is 0 Å². The molecule has 0 aliphatic carbocycles. The zero-order valence-corrected chi connectivity index (χ0v) is 12.7. The smallest absolute Gasteiger partial charge is 0.336 e. The van der Waals surface area contributed by atoms with Gasteiger partial charge in [-0.1, -0.05) is 5.57 Å². The van der Waals surface area contributed by atoms with E-state index in [1.54, 1.807) is 6.07 Å². The Labute approximate surface area is 131 Å². The van der Waals surface area contributed by atoms with Crippen LogP contribution in [0.5, 0.6) is 11.5 Å². The predicted molar refractivity (Wildman–Crippen MR) is 83.6 cm³/mol. The highest BCUT2D eigenvalue weighted by Gasteiger charge is 2.06. The molecule has 0 spiro atoms. The minimum absolute atomic E-state index is 0.0264. The average molecular weight is 322 g/mol. The van der Waals surface area contributed by atoms with Gasteiger partial charge in [0, 0.05) is 17.5 Å². The standard InChI is InChI=1S/C14H14O4.CH4N2O2/c1-9(2)5-6-17-13-8-12-10(7-11(13)15)3-4-14(16)18-12;2-1(4)3-5/h3-5,7-8,15H,6H2,1-2H3;5H,(H3,2,3,4). The third kappa shape index (κ3) is 6.10. The maximum Gasteiger partial charge on any atom is 0.336 e. The number of rotatable bonds is 3. The lowest BCUT2D eigenvalue weighted by Crippen LogP contribution is -2.25. The van der Waals surface area contributed by atoms with Gasteiger partial charge in [-0.05, 0) is 32.1 Å². The Kier molecular flexibility index (Phi) is 6.63. The van der Waals surface area contributed by atoms with Gasteiger partial charge in [0.2, 0.25) is 0 Å². The number of hydrogen-bond donors (Lipinski definition) is 4. The summed E-state index contributed by atoms with van der Waals surface area (Å²) in [5.41, 5.74) is 6.55. The van der Waals surface area contributed by atoms with Crippen LogP contribution in [0.3, 0.4) is 0 Å². The SMILES string of the molecule is CC(C)=CCOc1cc2oc(=O)ccc2cc1O.NC(=O)NO. The van der Waals surface area contributed by atoms with E-state index in [2.05, 4.69) is 5.73 Å². The number of hydroxylamine groups is 1. The van der Waals surface area contributed by atoms with Crippen LogP contribution in [0.25, 0.3) is 11.0 Å². The first-order valence-corrected chi connectivity index (χ1v) is 6.56. The van der Waals surface area contributed by atoms with E-state index in [1.165, 1.54) is 23.7 Å². The quantitative estimate of drug-likeness (QED) is 0.295. The number of ether oxygens (including phenoxy) is 1. The second-order valence-corrected chi connectivity index (χ2v) is 4.68. The monoisotopic (exact) mass is 322 g/mol. The Bertz CT molecular complexity index is 762. The van der Waals surface area contributed by atoms with E-state index < -0.39 is 11.7 Å². The molecular formula is C15H18N2O6. The minimum Gasteiger partial charge on any atom is -0.504 e. The summed E-state index contributed by atoms with van der Waals surface area (Å²) in [5, 5.41) is 17.9. The number of allylic oxidation sites excluding steroid dienone is 1. The summed E-state index contributed by atoms with van der Waals surface area (Å²) in [6, 6.07) is 5.00. The van der Waals surface area contributed by atoms with E-state index in [0.29, 0.717) is 23.3 Å². The molecule has 2 rings (SSSR count). The molecule has 8 heteroatoms. The second-order valence-electron chi connectivity index (χ2n) is 4.68. The molecule has 0 bridgehead atoms. The zero-order valence-electron chi connectivity index (χ0n) is 12.7. The molecule has 2 amide bonds. The Morgan fingerprint density at radius 1 is 1.39 bits per heavy atom. The van der Waals surface area contributed by atoms with Gasteiger partial charge in [-0.15, -0.1) is 0 Å². The van der Waals surface area contributed by atoms with E-state index in [4.69, 9.17) is 14.4 Å². The van der Waals surface area contributed by atoms with Crippen molar-refractivity contribution >= 4 is 17.0 Å². The lowest BCUT2D eigenvalue weighted by Gasteiger charge is -2.07. The van der Waals surface area contributed by atoms with Crippen molar-refractivity contribution in [1.29, 1.82) is 0 Å². The summed E-state index contributed by atoms with van der Waals surface area (Å²) in [7, 11) is 0. The van der Waals surface area contributed by atoms with Gasteiger partial charge in [0.15, 0.2) is 11.5 Å². The van der Waals surface area contributed by atoms with E-state index in [1.807, 2.05) is 19.9 Å². The molecule has 1 heterocycles. The number of primary amides is 1. The number of nitrogens with one attached hydrogen (secondary N) is 1. The second kappa shape index (κ2) is 8.44. The first kappa shape index (κ1) is 18.1. The average Bonchev–Trinajstić information content (AvgIpc) is 2.48. The van der Waals surface area contributed by atoms with Crippen LogP contribution in [0.2, 0.25) is 0 Å². The Hall–Kier alpha value is -3.00. The highest BCUT2D eigenvalue weighted by atomic mass is 16.5.